The summed E-state index contributed by atoms with van der Waals surface area (Å²) in [5, 5.41) is 22.7. The molecule has 0 unspecified atom stereocenters. The van der Waals surface area contributed by atoms with E-state index in [9.17, 15) is 15.0 Å². The van der Waals surface area contributed by atoms with Crippen LogP contribution in [0.4, 0.5) is 0 Å². The molecule has 2 heterocycles. The number of rotatable bonds is 4. The lowest BCUT2D eigenvalue weighted by atomic mass is 10.1. The van der Waals surface area contributed by atoms with Crippen LogP contribution in [0.2, 0.25) is 0 Å². The Morgan fingerprint density at radius 1 is 1.45 bits per heavy atom. The molecule has 0 spiro atoms. The number of nitrogens with one attached hydrogen (secondary N) is 1. The summed E-state index contributed by atoms with van der Waals surface area (Å²) in [6, 6.07) is 3.72. The molecule has 118 valence electrons. The average molecular weight is 321 g/mol. The minimum absolute atomic E-state index is 0.0507. The third-order valence-electron chi connectivity index (χ3n) is 4.04. The minimum atomic E-state index is -0.548. The first-order valence-electron chi connectivity index (χ1n) is 7.29. The second-order valence-corrected chi connectivity index (χ2v) is 6.63. The van der Waals surface area contributed by atoms with Crippen LogP contribution in [0.25, 0.3) is 5.13 Å². The molecular formula is C15H19N3O3S. The Labute approximate surface area is 132 Å². The molecule has 1 aliphatic carbocycles. The molecule has 7 heteroatoms. The molecule has 0 bridgehead atoms. The van der Waals surface area contributed by atoms with Crippen LogP contribution in [-0.2, 0) is 0 Å². The second kappa shape index (κ2) is 6.20. The Morgan fingerprint density at radius 3 is 2.82 bits per heavy atom. The normalized spacial score (nSPS) is 24.6. The monoisotopic (exact) mass is 321 g/mol. The van der Waals surface area contributed by atoms with Gasteiger partial charge in [0, 0.05) is 31.0 Å². The first-order chi connectivity index (χ1) is 10.6. The van der Waals surface area contributed by atoms with Gasteiger partial charge in [-0.2, -0.15) is 0 Å². The molecule has 1 fully saturated rings. The van der Waals surface area contributed by atoms with Gasteiger partial charge in [0.2, 0.25) is 0 Å². The SMILES string of the molecule is Cc1nc(-n2cccc2)sc1C(=O)N[C@H]1C[C@H](CO)[C@@H](O)C1. The van der Waals surface area contributed by atoms with E-state index in [4.69, 9.17) is 0 Å². The van der Waals surface area contributed by atoms with Gasteiger partial charge in [0.1, 0.15) is 4.88 Å². The standard InChI is InChI=1S/C15H19N3O3S/c1-9-13(22-15(16-9)18-4-2-3-5-18)14(21)17-11-6-10(8-19)12(20)7-11/h2-5,10-12,19-20H,6-8H2,1H3,(H,17,21)/t10-,11+,12+/m1/s1. The van der Waals surface area contributed by atoms with Gasteiger partial charge in [0.25, 0.3) is 5.91 Å². The molecule has 2 aromatic heterocycles. The average Bonchev–Trinajstić information content (AvgIpc) is 3.18. The lowest BCUT2D eigenvalue weighted by Gasteiger charge is -2.11. The Hall–Kier alpha value is -1.70. The van der Waals surface area contributed by atoms with Crippen molar-refractivity contribution in [1.82, 2.24) is 14.9 Å². The number of amides is 1. The Morgan fingerprint density at radius 2 is 2.18 bits per heavy atom. The number of hydrogen-bond donors (Lipinski definition) is 3. The van der Waals surface area contributed by atoms with Gasteiger partial charge in [0.15, 0.2) is 5.13 Å². The summed E-state index contributed by atoms with van der Waals surface area (Å²) in [6.07, 6.45) is 4.32. The number of carbonyl (C=O) groups is 1. The highest BCUT2D eigenvalue weighted by Crippen LogP contribution is 2.27. The topological polar surface area (TPSA) is 87.4 Å². The van der Waals surface area contributed by atoms with E-state index in [-0.39, 0.29) is 24.5 Å². The molecule has 3 N–H and O–H groups in total. The fourth-order valence-electron chi connectivity index (χ4n) is 2.83. The summed E-state index contributed by atoms with van der Waals surface area (Å²) in [6.45, 7) is 1.77. The molecule has 0 aromatic carbocycles. The van der Waals surface area contributed by atoms with Crippen LogP contribution in [-0.4, -0.2) is 44.4 Å². The van der Waals surface area contributed by atoms with Crippen LogP contribution in [0.3, 0.4) is 0 Å². The molecule has 0 saturated heterocycles. The van der Waals surface area contributed by atoms with Crippen LogP contribution in [0.1, 0.15) is 28.2 Å². The van der Waals surface area contributed by atoms with E-state index in [1.54, 1.807) is 0 Å². The Balaban J connectivity index is 1.71. The van der Waals surface area contributed by atoms with Crippen LogP contribution in [0.15, 0.2) is 24.5 Å². The second-order valence-electron chi connectivity index (χ2n) is 5.65. The van der Waals surface area contributed by atoms with Crippen molar-refractivity contribution in [2.24, 2.45) is 5.92 Å². The van der Waals surface area contributed by atoms with Crippen molar-refractivity contribution in [3.05, 3.63) is 35.1 Å². The molecular weight excluding hydrogens is 302 g/mol. The number of thiazole rings is 1. The maximum atomic E-state index is 12.4. The van der Waals surface area contributed by atoms with Crippen LogP contribution in [0.5, 0.6) is 0 Å². The maximum Gasteiger partial charge on any atom is 0.263 e. The molecule has 0 aliphatic heterocycles. The molecule has 0 radical (unpaired) electrons. The van der Waals surface area contributed by atoms with E-state index in [1.807, 2.05) is 36.0 Å². The van der Waals surface area contributed by atoms with Crippen molar-refractivity contribution in [3.63, 3.8) is 0 Å². The first kappa shape index (κ1) is 15.2. The highest BCUT2D eigenvalue weighted by molar-refractivity contribution is 7.16. The summed E-state index contributed by atoms with van der Waals surface area (Å²) in [5.74, 6) is -0.313. The number of aliphatic hydroxyl groups is 2. The van der Waals surface area contributed by atoms with Crippen molar-refractivity contribution in [3.8, 4) is 5.13 Å². The van der Waals surface area contributed by atoms with Crippen molar-refractivity contribution < 1.29 is 15.0 Å². The zero-order valence-corrected chi connectivity index (χ0v) is 13.1. The van der Waals surface area contributed by atoms with E-state index >= 15 is 0 Å². The predicted molar refractivity (Wildman–Crippen MR) is 83.2 cm³/mol. The van der Waals surface area contributed by atoms with Gasteiger partial charge < -0.3 is 20.1 Å². The van der Waals surface area contributed by atoms with Gasteiger partial charge in [-0.1, -0.05) is 11.3 Å². The minimum Gasteiger partial charge on any atom is -0.396 e. The number of aliphatic hydroxyl groups excluding tert-OH is 2. The molecule has 3 rings (SSSR count). The summed E-state index contributed by atoms with van der Waals surface area (Å²) >= 11 is 1.34. The van der Waals surface area contributed by atoms with E-state index < -0.39 is 6.10 Å². The van der Waals surface area contributed by atoms with Crippen molar-refractivity contribution in [1.29, 1.82) is 0 Å². The number of carbonyl (C=O) groups excluding carboxylic acids is 1. The summed E-state index contributed by atoms with van der Waals surface area (Å²) in [4.78, 5) is 17.4. The quantitative estimate of drug-likeness (QED) is 0.787. The highest BCUT2D eigenvalue weighted by Gasteiger charge is 2.33. The van der Waals surface area contributed by atoms with Gasteiger partial charge in [-0.3, -0.25) is 4.79 Å². The highest BCUT2D eigenvalue weighted by atomic mass is 32.1. The third-order valence-corrected chi connectivity index (χ3v) is 5.21. The molecule has 2 aromatic rings. The summed E-state index contributed by atoms with van der Waals surface area (Å²) < 4.78 is 1.87. The van der Waals surface area contributed by atoms with Crippen molar-refractivity contribution >= 4 is 17.2 Å². The van der Waals surface area contributed by atoms with Crippen LogP contribution >= 0.6 is 11.3 Å². The summed E-state index contributed by atoms with van der Waals surface area (Å²) in [5.41, 5.74) is 0.698. The zero-order chi connectivity index (χ0) is 15.7. The molecule has 3 atom stereocenters. The lowest BCUT2D eigenvalue weighted by Crippen LogP contribution is -2.33. The fraction of sp³-hybridized carbons (Fsp3) is 0.467. The molecule has 6 nitrogen and oxygen atoms in total. The predicted octanol–water partition coefficient (Wildman–Crippen LogP) is 1.10. The smallest absolute Gasteiger partial charge is 0.263 e. The molecule has 1 amide bonds. The van der Waals surface area contributed by atoms with Gasteiger partial charge in [0.05, 0.1) is 11.8 Å². The van der Waals surface area contributed by atoms with E-state index in [0.717, 1.165) is 5.13 Å². The number of aryl methyl sites for hydroxylation is 1. The number of hydrogen-bond acceptors (Lipinski definition) is 5. The molecule has 1 saturated carbocycles. The Bertz CT molecular complexity index is 653. The van der Waals surface area contributed by atoms with E-state index in [1.165, 1.54) is 11.3 Å². The molecule has 22 heavy (non-hydrogen) atoms. The first-order valence-corrected chi connectivity index (χ1v) is 8.10. The van der Waals surface area contributed by atoms with Crippen LogP contribution < -0.4 is 5.32 Å². The summed E-state index contributed by atoms with van der Waals surface area (Å²) in [7, 11) is 0. The van der Waals surface area contributed by atoms with E-state index in [2.05, 4.69) is 10.3 Å². The number of aromatic nitrogens is 2. The van der Waals surface area contributed by atoms with Crippen molar-refractivity contribution in [2.75, 3.05) is 6.61 Å². The van der Waals surface area contributed by atoms with E-state index in [0.29, 0.717) is 23.4 Å². The van der Waals surface area contributed by atoms with Gasteiger partial charge in [-0.15, -0.1) is 0 Å². The maximum absolute atomic E-state index is 12.4. The van der Waals surface area contributed by atoms with Crippen LogP contribution in [0, 0.1) is 12.8 Å². The largest absolute Gasteiger partial charge is 0.396 e. The number of nitrogens with zero attached hydrogens (tertiary/aromatic N) is 2. The van der Waals surface area contributed by atoms with Gasteiger partial charge in [-0.05, 0) is 31.9 Å². The van der Waals surface area contributed by atoms with Gasteiger partial charge in [-0.25, -0.2) is 4.98 Å². The molecule has 1 aliphatic rings. The Kier molecular flexibility index (Phi) is 4.28. The third kappa shape index (κ3) is 2.92. The fourth-order valence-corrected chi connectivity index (χ4v) is 3.77. The van der Waals surface area contributed by atoms with Gasteiger partial charge >= 0.3 is 0 Å². The van der Waals surface area contributed by atoms with Crippen molar-refractivity contribution in [2.45, 2.75) is 31.9 Å². The zero-order valence-electron chi connectivity index (χ0n) is 12.3. The lowest BCUT2D eigenvalue weighted by molar-refractivity contribution is 0.0904.